The molecule has 0 radical (unpaired) electrons. The normalized spacial score (nSPS) is 11.2. The molecule has 0 bridgehead atoms. The van der Waals surface area contributed by atoms with Gasteiger partial charge >= 0.3 is 0 Å². The van der Waals surface area contributed by atoms with Crippen LogP contribution in [-0.2, 0) is 11.3 Å². The van der Waals surface area contributed by atoms with Gasteiger partial charge in [0.25, 0.3) is 0 Å². The highest BCUT2D eigenvalue weighted by atomic mass is 16.1. The second-order valence-electron chi connectivity index (χ2n) is 4.63. The Morgan fingerprint density at radius 1 is 1.31 bits per heavy atom. The molecule has 0 aliphatic heterocycles. The fourth-order valence-electron chi connectivity index (χ4n) is 1.81. The molecule has 2 nitrogen and oxygen atoms in total. The van der Waals surface area contributed by atoms with Crippen LogP contribution in [0, 0.1) is 12.8 Å². The van der Waals surface area contributed by atoms with Crippen LogP contribution in [0.1, 0.15) is 19.4 Å². The Morgan fingerprint density at radius 2 is 2.06 bits per heavy atom. The number of rotatable bonds is 3. The van der Waals surface area contributed by atoms with Gasteiger partial charge in [0, 0.05) is 17.6 Å². The molecule has 1 aromatic carbocycles. The fraction of sp³-hybridized carbons (Fsp3) is 0.357. The first-order valence-corrected chi connectivity index (χ1v) is 5.66. The van der Waals surface area contributed by atoms with Crippen LogP contribution in [0.15, 0.2) is 30.5 Å². The van der Waals surface area contributed by atoms with Crippen molar-refractivity contribution in [3.63, 3.8) is 0 Å². The maximum atomic E-state index is 11.7. The zero-order chi connectivity index (χ0) is 11.7. The molecule has 0 unspecified atom stereocenters. The van der Waals surface area contributed by atoms with Crippen LogP contribution < -0.4 is 0 Å². The van der Waals surface area contributed by atoms with Crippen molar-refractivity contribution in [3.05, 3.63) is 36.0 Å². The van der Waals surface area contributed by atoms with Gasteiger partial charge in [-0.2, -0.15) is 0 Å². The first kappa shape index (κ1) is 10.9. The van der Waals surface area contributed by atoms with Gasteiger partial charge in [-0.3, -0.25) is 4.79 Å². The third-order valence-corrected chi connectivity index (χ3v) is 2.90. The van der Waals surface area contributed by atoms with E-state index >= 15 is 0 Å². The summed E-state index contributed by atoms with van der Waals surface area (Å²) in [6.07, 6.45) is 1.99. The van der Waals surface area contributed by atoms with Crippen molar-refractivity contribution in [3.8, 4) is 0 Å². The Kier molecular flexibility index (Phi) is 2.82. The van der Waals surface area contributed by atoms with Crippen molar-refractivity contribution in [2.45, 2.75) is 27.3 Å². The molecule has 0 amide bonds. The van der Waals surface area contributed by atoms with Crippen LogP contribution in [0.25, 0.3) is 10.9 Å². The Bertz CT molecular complexity index is 523. The Morgan fingerprint density at radius 3 is 2.75 bits per heavy atom. The molecule has 0 aliphatic rings. The number of benzene rings is 1. The molecule has 0 saturated heterocycles. The van der Waals surface area contributed by atoms with Crippen molar-refractivity contribution in [1.82, 2.24) is 4.57 Å². The van der Waals surface area contributed by atoms with Gasteiger partial charge in [0.05, 0.1) is 6.54 Å². The van der Waals surface area contributed by atoms with Crippen LogP contribution in [0.3, 0.4) is 0 Å². The molecule has 0 aliphatic carbocycles. The first-order chi connectivity index (χ1) is 7.58. The van der Waals surface area contributed by atoms with Gasteiger partial charge < -0.3 is 4.57 Å². The summed E-state index contributed by atoms with van der Waals surface area (Å²) >= 11 is 0. The van der Waals surface area contributed by atoms with E-state index in [1.165, 1.54) is 10.9 Å². The average Bonchev–Trinajstić information content (AvgIpc) is 2.60. The predicted octanol–water partition coefficient (Wildman–Crippen LogP) is 3.17. The van der Waals surface area contributed by atoms with Gasteiger partial charge in [0.2, 0.25) is 0 Å². The van der Waals surface area contributed by atoms with Gasteiger partial charge in [0.15, 0.2) is 5.78 Å². The Balaban J connectivity index is 2.35. The molecule has 1 aromatic heterocycles. The van der Waals surface area contributed by atoms with E-state index in [4.69, 9.17) is 0 Å². The minimum Gasteiger partial charge on any atom is -0.340 e. The summed E-state index contributed by atoms with van der Waals surface area (Å²) in [5.41, 5.74) is 2.39. The SMILES string of the molecule is Cc1ccc2c(ccn2CC(=O)C(C)C)c1. The molecular weight excluding hydrogens is 198 g/mol. The van der Waals surface area contributed by atoms with Crippen LogP contribution in [-0.4, -0.2) is 10.4 Å². The highest BCUT2D eigenvalue weighted by Gasteiger charge is 2.09. The lowest BCUT2D eigenvalue weighted by molar-refractivity contribution is -0.122. The third-order valence-electron chi connectivity index (χ3n) is 2.90. The standard InChI is InChI=1S/C14H17NO/c1-10(2)14(16)9-15-7-6-12-8-11(3)4-5-13(12)15/h4-8,10H,9H2,1-3H3. The molecule has 0 saturated carbocycles. The molecular formula is C14H17NO. The zero-order valence-electron chi connectivity index (χ0n) is 10.0. The van der Waals surface area contributed by atoms with Crippen LogP contribution in [0.4, 0.5) is 0 Å². The molecule has 0 N–H and O–H groups in total. The molecule has 0 fully saturated rings. The van der Waals surface area contributed by atoms with Crippen molar-refractivity contribution in [2.24, 2.45) is 5.92 Å². The molecule has 16 heavy (non-hydrogen) atoms. The maximum Gasteiger partial charge on any atom is 0.155 e. The molecule has 0 spiro atoms. The van der Waals surface area contributed by atoms with E-state index in [1.54, 1.807) is 0 Å². The van der Waals surface area contributed by atoms with Crippen molar-refractivity contribution in [1.29, 1.82) is 0 Å². The molecule has 84 valence electrons. The number of fused-ring (bicyclic) bond motifs is 1. The number of hydrogen-bond donors (Lipinski definition) is 0. The smallest absolute Gasteiger partial charge is 0.155 e. The fourth-order valence-corrected chi connectivity index (χ4v) is 1.81. The number of Topliss-reactive ketones (excluding diaryl/α,β-unsaturated/α-hetero) is 1. The molecule has 2 heteroatoms. The van der Waals surface area contributed by atoms with E-state index in [2.05, 4.69) is 31.2 Å². The molecule has 1 heterocycles. The van der Waals surface area contributed by atoms with E-state index in [0.29, 0.717) is 6.54 Å². The Hall–Kier alpha value is -1.57. The number of ketones is 1. The topological polar surface area (TPSA) is 22.0 Å². The summed E-state index contributed by atoms with van der Waals surface area (Å²) < 4.78 is 2.02. The van der Waals surface area contributed by atoms with Crippen molar-refractivity contribution in [2.75, 3.05) is 0 Å². The van der Waals surface area contributed by atoms with Gasteiger partial charge in [-0.25, -0.2) is 0 Å². The number of hydrogen-bond acceptors (Lipinski definition) is 1. The molecule has 2 rings (SSSR count). The highest BCUT2D eigenvalue weighted by molar-refractivity contribution is 5.85. The average molecular weight is 215 g/mol. The Labute approximate surface area is 95.9 Å². The minimum atomic E-state index is 0.0999. The summed E-state index contributed by atoms with van der Waals surface area (Å²) in [6.45, 7) is 6.44. The first-order valence-electron chi connectivity index (χ1n) is 5.66. The van der Waals surface area contributed by atoms with E-state index in [0.717, 1.165) is 5.52 Å². The predicted molar refractivity (Wildman–Crippen MR) is 66.5 cm³/mol. The van der Waals surface area contributed by atoms with Gasteiger partial charge in [-0.1, -0.05) is 25.5 Å². The number of carbonyl (C=O) groups is 1. The van der Waals surface area contributed by atoms with Crippen LogP contribution in [0.2, 0.25) is 0 Å². The second-order valence-corrected chi connectivity index (χ2v) is 4.63. The van der Waals surface area contributed by atoms with Crippen molar-refractivity contribution < 1.29 is 4.79 Å². The second kappa shape index (κ2) is 4.12. The monoisotopic (exact) mass is 215 g/mol. The number of aryl methyl sites for hydroxylation is 1. The zero-order valence-corrected chi connectivity index (χ0v) is 10.0. The number of aromatic nitrogens is 1. The lowest BCUT2D eigenvalue weighted by Gasteiger charge is -2.07. The summed E-state index contributed by atoms with van der Waals surface area (Å²) in [6, 6.07) is 8.37. The summed E-state index contributed by atoms with van der Waals surface area (Å²) in [4.78, 5) is 11.7. The van der Waals surface area contributed by atoms with Crippen LogP contribution in [0.5, 0.6) is 0 Å². The molecule has 0 atom stereocenters. The maximum absolute atomic E-state index is 11.7. The summed E-state index contributed by atoms with van der Waals surface area (Å²) in [5.74, 6) is 0.376. The van der Waals surface area contributed by atoms with E-state index in [9.17, 15) is 4.79 Å². The lowest BCUT2D eigenvalue weighted by atomic mass is 10.1. The highest BCUT2D eigenvalue weighted by Crippen LogP contribution is 2.17. The van der Waals surface area contributed by atoms with Crippen molar-refractivity contribution >= 4 is 16.7 Å². The third kappa shape index (κ3) is 2.01. The van der Waals surface area contributed by atoms with E-state index < -0.39 is 0 Å². The van der Waals surface area contributed by atoms with E-state index in [1.807, 2.05) is 24.6 Å². The summed E-state index contributed by atoms with van der Waals surface area (Å²) in [5, 5.41) is 1.21. The minimum absolute atomic E-state index is 0.0999. The van der Waals surface area contributed by atoms with Gasteiger partial charge in [0.1, 0.15) is 0 Å². The quantitative estimate of drug-likeness (QED) is 0.770. The number of nitrogens with zero attached hydrogens (tertiary/aromatic N) is 1. The number of carbonyl (C=O) groups excluding carboxylic acids is 1. The largest absolute Gasteiger partial charge is 0.340 e. The molecule has 2 aromatic rings. The van der Waals surface area contributed by atoms with E-state index in [-0.39, 0.29) is 11.7 Å². The van der Waals surface area contributed by atoms with Gasteiger partial charge in [-0.15, -0.1) is 0 Å². The van der Waals surface area contributed by atoms with Crippen LogP contribution >= 0.6 is 0 Å². The summed E-state index contributed by atoms with van der Waals surface area (Å²) in [7, 11) is 0. The lowest BCUT2D eigenvalue weighted by Crippen LogP contribution is -2.14. The van der Waals surface area contributed by atoms with Gasteiger partial charge in [-0.05, 0) is 30.5 Å².